The Balaban J connectivity index is 1.57. The third-order valence-electron chi connectivity index (χ3n) is 5.48. The number of pyridine rings is 1. The fraction of sp³-hybridized carbons (Fsp3) is 0.444. The largest absolute Gasteiger partial charge is 0.385 e. The standard InChI is InChI=1S/C18H21N7O/c1-11(26)18-23-15-8-21-17-14(6-7-20-17)16(15)25(18)13-4-2-12(3-5-13)24-10-19-9-22-24/h6-13,26H,2-5H2,1H3,(H,20,21)/t11-,12-,13+/m1/s1. The molecule has 1 fully saturated rings. The van der Waals surface area contributed by atoms with Crippen LogP contribution < -0.4 is 0 Å². The monoisotopic (exact) mass is 351 g/mol. The molecule has 1 aliphatic rings. The minimum absolute atomic E-state index is 0.310. The number of H-pyrrole nitrogens is 1. The zero-order valence-electron chi connectivity index (χ0n) is 14.6. The Bertz CT molecular complexity index is 1040. The molecule has 1 saturated carbocycles. The van der Waals surface area contributed by atoms with E-state index in [1.54, 1.807) is 25.8 Å². The molecule has 134 valence electrons. The van der Waals surface area contributed by atoms with Crippen LogP contribution in [0.1, 0.15) is 56.6 Å². The van der Waals surface area contributed by atoms with Gasteiger partial charge in [-0.3, -0.25) is 0 Å². The molecule has 26 heavy (non-hydrogen) atoms. The minimum Gasteiger partial charge on any atom is -0.385 e. The zero-order chi connectivity index (χ0) is 17.7. The second kappa shape index (κ2) is 5.91. The molecule has 2 N–H and O–H groups in total. The van der Waals surface area contributed by atoms with Crippen LogP contribution in [0.15, 0.2) is 31.1 Å². The number of aromatic nitrogens is 7. The van der Waals surface area contributed by atoms with Crippen LogP contribution in [0.4, 0.5) is 0 Å². The van der Waals surface area contributed by atoms with Gasteiger partial charge in [0.1, 0.15) is 35.7 Å². The summed E-state index contributed by atoms with van der Waals surface area (Å²) in [7, 11) is 0. The number of rotatable bonds is 3. The summed E-state index contributed by atoms with van der Waals surface area (Å²) >= 11 is 0. The SMILES string of the molecule is C[C@@H](O)c1nc2cnc3[nH]ccc3c2n1[C@H]1CC[C@@H](n2cncn2)CC1. The van der Waals surface area contributed by atoms with E-state index in [4.69, 9.17) is 4.98 Å². The average Bonchev–Trinajstić information content (AvgIpc) is 3.39. The maximum Gasteiger partial charge on any atom is 0.139 e. The number of nitrogens with one attached hydrogen (secondary N) is 1. The third-order valence-corrected chi connectivity index (χ3v) is 5.48. The fourth-order valence-corrected chi connectivity index (χ4v) is 4.26. The van der Waals surface area contributed by atoms with Crippen molar-refractivity contribution in [1.29, 1.82) is 0 Å². The molecule has 0 aromatic carbocycles. The first-order valence-corrected chi connectivity index (χ1v) is 9.08. The number of hydrogen-bond donors (Lipinski definition) is 2. The highest BCUT2D eigenvalue weighted by atomic mass is 16.3. The lowest BCUT2D eigenvalue weighted by molar-refractivity contribution is 0.174. The van der Waals surface area contributed by atoms with Crippen molar-refractivity contribution < 1.29 is 5.11 Å². The van der Waals surface area contributed by atoms with E-state index < -0.39 is 6.10 Å². The lowest BCUT2D eigenvalue weighted by Crippen LogP contribution is -2.22. The number of aliphatic hydroxyl groups excluding tert-OH is 1. The van der Waals surface area contributed by atoms with Crippen molar-refractivity contribution in [3.05, 3.63) is 36.9 Å². The summed E-state index contributed by atoms with van der Waals surface area (Å²) in [4.78, 5) is 16.4. The van der Waals surface area contributed by atoms with Crippen LogP contribution in [0.25, 0.3) is 22.1 Å². The van der Waals surface area contributed by atoms with Gasteiger partial charge in [-0.15, -0.1) is 0 Å². The molecular weight excluding hydrogens is 330 g/mol. The van der Waals surface area contributed by atoms with E-state index in [1.165, 1.54) is 0 Å². The van der Waals surface area contributed by atoms with E-state index in [1.807, 2.05) is 16.9 Å². The summed E-state index contributed by atoms with van der Waals surface area (Å²) in [6.45, 7) is 1.78. The van der Waals surface area contributed by atoms with Crippen molar-refractivity contribution in [2.75, 3.05) is 0 Å². The molecule has 4 aromatic rings. The van der Waals surface area contributed by atoms with Gasteiger partial charge >= 0.3 is 0 Å². The Morgan fingerprint density at radius 3 is 2.77 bits per heavy atom. The van der Waals surface area contributed by atoms with Gasteiger partial charge < -0.3 is 14.7 Å². The van der Waals surface area contributed by atoms with E-state index in [0.717, 1.165) is 53.6 Å². The number of aliphatic hydroxyl groups is 1. The topological polar surface area (TPSA) is 97.4 Å². The lowest BCUT2D eigenvalue weighted by atomic mass is 9.90. The van der Waals surface area contributed by atoms with E-state index in [9.17, 15) is 5.11 Å². The molecule has 0 radical (unpaired) electrons. The van der Waals surface area contributed by atoms with Gasteiger partial charge in [-0.1, -0.05) is 0 Å². The van der Waals surface area contributed by atoms with Gasteiger partial charge in [0.05, 0.1) is 17.8 Å². The fourth-order valence-electron chi connectivity index (χ4n) is 4.26. The highest BCUT2D eigenvalue weighted by molar-refractivity contribution is 6.01. The highest BCUT2D eigenvalue weighted by Gasteiger charge is 2.28. The van der Waals surface area contributed by atoms with E-state index in [2.05, 4.69) is 24.6 Å². The average molecular weight is 351 g/mol. The van der Waals surface area contributed by atoms with Crippen molar-refractivity contribution in [2.24, 2.45) is 0 Å². The molecule has 5 rings (SSSR count). The van der Waals surface area contributed by atoms with Crippen LogP contribution in [-0.4, -0.2) is 39.4 Å². The second-order valence-corrected chi connectivity index (χ2v) is 7.09. The zero-order valence-corrected chi connectivity index (χ0v) is 14.6. The first-order valence-electron chi connectivity index (χ1n) is 9.08. The summed E-state index contributed by atoms with van der Waals surface area (Å²) < 4.78 is 4.21. The van der Waals surface area contributed by atoms with Crippen molar-refractivity contribution >= 4 is 22.1 Å². The van der Waals surface area contributed by atoms with Gasteiger partial charge in [-0.05, 0) is 38.7 Å². The van der Waals surface area contributed by atoms with Crippen LogP contribution in [0.2, 0.25) is 0 Å². The highest BCUT2D eigenvalue weighted by Crippen LogP contribution is 2.39. The second-order valence-electron chi connectivity index (χ2n) is 7.09. The van der Waals surface area contributed by atoms with Gasteiger partial charge in [-0.2, -0.15) is 5.10 Å². The summed E-state index contributed by atoms with van der Waals surface area (Å²) in [5, 5.41) is 15.7. The smallest absolute Gasteiger partial charge is 0.139 e. The Kier molecular flexibility index (Phi) is 3.53. The van der Waals surface area contributed by atoms with Gasteiger partial charge in [0, 0.05) is 17.6 Å². The lowest BCUT2D eigenvalue weighted by Gasteiger charge is -2.31. The number of imidazole rings is 1. The molecular formula is C18H21N7O. The predicted molar refractivity (Wildman–Crippen MR) is 96.6 cm³/mol. The van der Waals surface area contributed by atoms with E-state index in [-0.39, 0.29) is 0 Å². The summed E-state index contributed by atoms with van der Waals surface area (Å²) in [6, 6.07) is 2.74. The number of fused-ring (bicyclic) bond motifs is 3. The quantitative estimate of drug-likeness (QED) is 0.591. The molecule has 0 spiro atoms. The molecule has 1 atom stereocenters. The summed E-state index contributed by atoms with van der Waals surface area (Å²) in [5.41, 5.74) is 2.76. The molecule has 0 amide bonds. The van der Waals surface area contributed by atoms with Crippen LogP contribution >= 0.6 is 0 Å². The molecule has 4 aromatic heterocycles. The first-order chi connectivity index (χ1) is 12.7. The molecule has 4 heterocycles. The maximum absolute atomic E-state index is 10.3. The van der Waals surface area contributed by atoms with Crippen LogP contribution in [0, 0.1) is 0 Å². The van der Waals surface area contributed by atoms with Crippen molar-refractivity contribution in [2.45, 2.75) is 50.8 Å². The van der Waals surface area contributed by atoms with Gasteiger partial charge in [-0.25, -0.2) is 19.6 Å². The Morgan fingerprint density at radius 1 is 1.23 bits per heavy atom. The Morgan fingerprint density at radius 2 is 2.04 bits per heavy atom. The summed E-state index contributed by atoms with van der Waals surface area (Å²) in [5.74, 6) is 0.722. The summed E-state index contributed by atoms with van der Waals surface area (Å²) in [6.07, 6.45) is 10.6. The van der Waals surface area contributed by atoms with Crippen molar-refractivity contribution in [1.82, 2.24) is 34.3 Å². The minimum atomic E-state index is -0.621. The molecule has 8 nitrogen and oxygen atoms in total. The number of nitrogens with zero attached hydrogens (tertiary/aromatic N) is 6. The van der Waals surface area contributed by atoms with E-state index in [0.29, 0.717) is 12.1 Å². The van der Waals surface area contributed by atoms with Gasteiger partial charge in [0.15, 0.2) is 0 Å². The number of aromatic amines is 1. The van der Waals surface area contributed by atoms with Crippen LogP contribution in [0.3, 0.4) is 0 Å². The van der Waals surface area contributed by atoms with Gasteiger partial charge in [0.2, 0.25) is 0 Å². The normalized spacial score (nSPS) is 22.2. The van der Waals surface area contributed by atoms with Crippen LogP contribution in [0.5, 0.6) is 0 Å². The molecule has 0 saturated heterocycles. The molecule has 1 aliphatic carbocycles. The van der Waals surface area contributed by atoms with Crippen LogP contribution in [-0.2, 0) is 0 Å². The van der Waals surface area contributed by atoms with Crippen molar-refractivity contribution in [3.8, 4) is 0 Å². The van der Waals surface area contributed by atoms with Crippen molar-refractivity contribution in [3.63, 3.8) is 0 Å². The first kappa shape index (κ1) is 15.5. The molecule has 8 heteroatoms. The Labute approximate surface area is 149 Å². The predicted octanol–water partition coefficient (Wildman–Crippen LogP) is 2.91. The number of hydrogen-bond acceptors (Lipinski definition) is 5. The Hall–Kier alpha value is -2.74. The van der Waals surface area contributed by atoms with E-state index >= 15 is 0 Å². The molecule has 0 unspecified atom stereocenters. The molecule has 0 aliphatic heterocycles. The third kappa shape index (κ3) is 2.33. The molecule has 0 bridgehead atoms. The maximum atomic E-state index is 10.3. The van der Waals surface area contributed by atoms with Gasteiger partial charge in [0.25, 0.3) is 0 Å².